The molecular formula is C34H38FN5O2. The standard InChI is InChI=1S/C34H38FN5O2/c1-3-4-29(41)18-11-24-7-9-25(10-8-24)21-30(36)34(42)39-19-20-40-31(22-39)38-32(26-12-14-27(35)15-13-26)33(40)37-28-16-5-23(2)6-17-28/h5-10,12-17,30,37H,3-4,11,18-22,36H2,1-2H3/t30-/m0/s1. The number of hydrogen-bond donors (Lipinski definition) is 2. The Balaban J connectivity index is 1.28. The first-order valence-corrected chi connectivity index (χ1v) is 14.6. The highest BCUT2D eigenvalue weighted by atomic mass is 19.1. The Morgan fingerprint density at radius 2 is 1.64 bits per heavy atom. The number of carbonyl (C=O) groups excluding carboxylic acids is 2. The number of rotatable bonds is 11. The number of Topliss-reactive ketones (excluding diaryl/α,β-unsaturated/α-hetero) is 1. The fraction of sp³-hybridized carbons (Fsp3) is 0.324. The number of fused-ring (bicyclic) bond motifs is 1. The number of nitrogens with zero attached hydrogens (tertiary/aromatic N) is 3. The monoisotopic (exact) mass is 567 g/mol. The molecule has 0 bridgehead atoms. The molecule has 1 aromatic heterocycles. The van der Waals surface area contributed by atoms with Crippen molar-refractivity contribution in [1.82, 2.24) is 14.5 Å². The average Bonchev–Trinajstić information content (AvgIpc) is 3.35. The zero-order valence-electron chi connectivity index (χ0n) is 24.3. The van der Waals surface area contributed by atoms with Gasteiger partial charge >= 0.3 is 0 Å². The molecule has 42 heavy (non-hydrogen) atoms. The van der Waals surface area contributed by atoms with Crippen molar-refractivity contribution in [1.29, 1.82) is 0 Å². The van der Waals surface area contributed by atoms with Crippen molar-refractivity contribution in [2.75, 3.05) is 11.9 Å². The van der Waals surface area contributed by atoms with Crippen LogP contribution in [0.4, 0.5) is 15.9 Å². The fourth-order valence-electron chi connectivity index (χ4n) is 5.33. The molecule has 0 saturated carbocycles. The average molecular weight is 568 g/mol. The molecule has 7 nitrogen and oxygen atoms in total. The molecule has 5 rings (SSSR count). The van der Waals surface area contributed by atoms with Crippen molar-refractivity contribution in [3.8, 4) is 11.3 Å². The van der Waals surface area contributed by atoms with Crippen molar-refractivity contribution in [2.45, 2.75) is 65.1 Å². The highest BCUT2D eigenvalue weighted by Crippen LogP contribution is 2.33. The maximum atomic E-state index is 13.7. The number of imidazole rings is 1. The lowest BCUT2D eigenvalue weighted by atomic mass is 10.0. The lowest BCUT2D eigenvalue weighted by Crippen LogP contribution is -2.47. The quantitative estimate of drug-likeness (QED) is 0.234. The molecule has 3 aromatic carbocycles. The zero-order chi connectivity index (χ0) is 29.6. The lowest BCUT2D eigenvalue weighted by Gasteiger charge is -2.30. The van der Waals surface area contributed by atoms with Gasteiger partial charge in [0.15, 0.2) is 0 Å². The Bertz CT molecular complexity index is 1530. The SMILES string of the molecule is CCCC(=O)CCc1ccc(C[C@H](N)C(=O)N2CCn3c(nc(-c4ccc(F)cc4)c3Nc3ccc(C)cc3)C2)cc1. The number of hydrogen-bond acceptors (Lipinski definition) is 5. The van der Waals surface area contributed by atoms with E-state index in [0.717, 1.165) is 52.4 Å². The number of anilines is 2. The normalized spacial score (nSPS) is 13.5. The number of carbonyl (C=O) groups is 2. The molecule has 1 aliphatic heterocycles. The first-order valence-electron chi connectivity index (χ1n) is 14.6. The minimum atomic E-state index is -0.676. The Labute approximate surface area is 246 Å². The summed E-state index contributed by atoms with van der Waals surface area (Å²) >= 11 is 0. The van der Waals surface area contributed by atoms with E-state index in [0.29, 0.717) is 50.4 Å². The van der Waals surface area contributed by atoms with Crippen LogP contribution in [0.5, 0.6) is 0 Å². The van der Waals surface area contributed by atoms with Gasteiger partial charge in [0.05, 0.1) is 12.6 Å². The smallest absolute Gasteiger partial charge is 0.240 e. The third kappa shape index (κ3) is 6.94. The molecule has 0 radical (unpaired) electrons. The van der Waals surface area contributed by atoms with Gasteiger partial charge in [-0.25, -0.2) is 9.37 Å². The van der Waals surface area contributed by atoms with Crippen molar-refractivity contribution < 1.29 is 14.0 Å². The van der Waals surface area contributed by atoms with Crippen LogP contribution in [0.25, 0.3) is 11.3 Å². The number of nitrogens with two attached hydrogens (primary N) is 1. The highest BCUT2D eigenvalue weighted by Gasteiger charge is 2.29. The van der Waals surface area contributed by atoms with E-state index in [4.69, 9.17) is 10.7 Å². The van der Waals surface area contributed by atoms with E-state index in [1.54, 1.807) is 17.0 Å². The molecule has 218 valence electrons. The van der Waals surface area contributed by atoms with Crippen LogP contribution >= 0.6 is 0 Å². The van der Waals surface area contributed by atoms with Crippen molar-refractivity contribution in [2.24, 2.45) is 5.73 Å². The minimum Gasteiger partial charge on any atom is -0.340 e. The van der Waals surface area contributed by atoms with Crippen LogP contribution in [0, 0.1) is 12.7 Å². The van der Waals surface area contributed by atoms with Crippen LogP contribution in [-0.2, 0) is 35.5 Å². The van der Waals surface area contributed by atoms with Crippen LogP contribution < -0.4 is 11.1 Å². The van der Waals surface area contributed by atoms with Gasteiger partial charge in [-0.3, -0.25) is 9.59 Å². The number of halogens is 1. The van der Waals surface area contributed by atoms with Crippen LogP contribution in [-0.4, -0.2) is 38.7 Å². The number of aryl methyl sites for hydroxylation is 2. The molecule has 0 saturated heterocycles. The molecule has 0 unspecified atom stereocenters. The maximum Gasteiger partial charge on any atom is 0.240 e. The zero-order valence-corrected chi connectivity index (χ0v) is 24.3. The molecule has 3 N–H and O–H groups in total. The summed E-state index contributed by atoms with van der Waals surface area (Å²) in [5.74, 6) is 1.43. The second-order valence-corrected chi connectivity index (χ2v) is 11.1. The van der Waals surface area contributed by atoms with Gasteiger partial charge in [-0.2, -0.15) is 0 Å². The van der Waals surface area contributed by atoms with E-state index >= 15 is 0 Å². The topological polar surface area (TPSA) is 93.3 Å². The number of nitrogens with one attached hydrogen (secondary N) is 1. The predicted molar refractivity (Wildman–Crippen MR) is 164 cm³/mol. The highest BCUT2D eigenvalue weighted by molar-refractivity contribution is 5.82. The van der Waals surface area contributed by atoms with Gasteiger partial charge in [0.1, 0.15) is 28.9 Å². The second kappa shape index (κ2) is 13.1. The summed E-state index contributed by atoms with van der Waals surface area (Å²) in [6, 6.07) is 21.7. The third-order valence-electron chi connectivity index (χ3n) is 7.73. The minimum absolute atomic E-state index is 0.116. The van der Waals surface area contributed by atoms with E-state index in [-0.39, 0.29) is 11.7 Å². The summed E-state index contributed by atoms with van der Waals surface area (Å²) in [6.07, 6.45) is 3.22. The third-order valence-corrected chi connectivity index (χ3v) is 7.73. The number of benzene rings is 3. The van der Waals surface area contributed by atoms with Gasteiger partial charge < -0.3 is 20.5 Å². The molecular weight excluding hydrogens is 529 g/mol. The van der Waals surface area contributed by atoms with E-state index in [1.165, 1.54) is 12.1 Å². The van der Waals surface area contributed by atoms with Crippen LogP contribution in [0.1, 0.15) is 48.7 Å². The van der Waals surface area contributed by atoms with Crippen molar-refractivity contribution in [3.63, 3.8) is 0 Å². The molecule has 1 aliphatic rings. The molecule has 4 aromatic rings. The maximum absolute atomic E-state index is 13.7. The Hall–Kier alpha value is -4.30. The molecule has 0 aliphatic carbocycles. The van der Waals surface area contributed by atoms with E-state index < -0.39 is 6.04 Å². The van der Waals surface area contributed by atoms with Gasteiger partial charge in [0.25, 0.3) is 0 Å². The lowest BCUT2D eigenvalue weighted by molar-refractivity contribution is -0.134. The van der Waals surface area contributed by atoms with E-state index in [9.17, 15) is 14.0 Å². The Morgan fingerprint density at radius 1 is 0.952 bits per heavy atom. The summed E-state index contributed by atoms with van der Waals surface area (Å²) in [6.45, 7) is 5.45. The number of ketones is 1. The van der Waals surface area contributed by atoms with E-state index in [1.807, 2.05) is 62.4 Å². The van der Waals surface area contributed by atoms with Gasteiger partial charge in [0, 0.05) is 37.2 Å². The van der Waals surface area contributed by atoms with Gasteiger partial charge in [-0.1, -0.05) is 48.9 Å². The first-order chi connectivity index (χ1) is 20.3. The predicted octanol–water partition coefficient (Wildman–Crippen LogP) is 5.96. The van der Waals surface area contributed by atoms with Gasteiger partial charge in [-0.05, 0) is 73.7 Å². The molecule has 8 heteroatoms. The number of aromatic nitrogens is 2. The molecule has 1 atom stereocenters. The molecule has 1 amide bonds. The Kier molecular flexibility index (Phi) is 9.12. The van der Waals surface area contributed by atoms with Crippen LogP contribution in [0.3, 0.4) is 0 Å². The molecule has 0 spiro atoms. The van der Waals surface area contributed by atoms with Crippen LogP contribution in [0.2, 0.25) is 0 Å². The number of amides is 1. The van der Waals surface area contributed by atoms with Crippen molar-refractivity contribution >= 4 is 23.2 Å². The van der Waals surface area contributed by atoms with E-state index in [2.05, 4.69) is 9.88 Å². The van der Waals surface area contributed by atoms with Crippen molar-refractivity contribution in [3.05, 3.63) is 101 Å². The summed E-state index contributed by atoms with van der Waals surface area (Å²) in [4.78, 5) is 31.9. The second-order valence-electron chi connectivity index (χ2n) is 11.1. The fourth-order valence-corrected chi connectivity index (χ4v) is 5.33. The largest absolute Gasteiger partial charge is 0.340 e. The first kappa shape index (κ1) is 29.2. The Morgan fingerprint density at radius 3 is 2.33 bits per heavy atom. The summed E-state index contributed by atoms with van der Waals surface area (Å²) < 4.78 is 15.8. The summed E-state index contributed by atoms with van der Waals surface area (Å²) in [7, 11) is 0. The molecule has 2 heterocycles. The van der Waals surface area contributed by atoms with Crippen LogP contribution in [0.15, 0.2) is 72.8 Å². The summed E-state index contributed by atoms with van der Waals surface area (Å²) in [5, 5.41) is 3.51. The van der Waals surface area contributed by atoms with Gasteiger partial charge in [-0.15, -0.1) is 0 Å². The summed E-state index contributed by atoms with van der Waals surface area (Å²) in [5.41, 5.74) is 12.1. The van der Waals surface area contributed by atoms with Gasteiger partial charge in [0.2, 0.25) is 5.91 Å². The molecule has 0 fully saturated rings.